The summed E-state index contributed by atoms with van der Waals surface area (Å²) in [6.45, 7) is 0.617. The molecular weight excluding hydrogens is 470 g/mol. The zero-order valence-electron chi connectivity index (χ0n) is 17.3. The van der Waals surface area contributed by atoms with Gasteiger partial charge in [-0.3, -0.25) is 9.69 Å². The van der Waals surface area contributed by atoms with Crippen LogP contribution >= 0.6 is 22.9 Å². The highest BCUT2D eigenvalue weighted by Crippen LogP contribution is 2.32. The maximum absolute atomic E-state index is 13.3. The van der Waals surface area contributed by atoms with Crippen molar-refractivity contribution in [3.63, 3.8) is 0 Å². The van der Waals surface area contributed by atoms with E-state index >= 15 is 0 Å². The number of rotatable bonds is 6. The number of nitrogens with zero attached hydrogens (tertiary/aromatic N) is 2. The van der Waals surface area contributed by atoms with E-state index in [-0.39, 0.29) is 17.4 Å². The van der Waals surface area contributed by atoms with E-state index in [1.54, 1.807) is 19.2 Å². The minimum absolute atomic E-state index is 0.0449. The maximum atomic E-state index is 13.3. The molecule has 10 heteroatoms. The predicted octanol–water partition coefficient (Wildman–Crippen LogP) is 3.88. The molecule has 2 aromatic carbocycles. The number of halogens is 1. The van der Waals surface area contributed by atoms with Gasteiger partial charge in [0.2, 0.25) is 5.91 Å². The number of ether oxygens (including phenoxy) is 1. The summed E-state index contributed by atoms with van der Waals surface area (Å²) in [5, 5.41) is 5.69. The van der Waals surface area contributed by atoms with E-state index in [1.807, 2.05) is 46.7 Å². The third-order valence-electron chi connectivity index (χ3n) is 5.29. The van der Waals surface area contributed by atoms with E-state index in [0.717, 1.165) is 11.1 Å². The number of methoxy groups -OCH3 is 1. The van der Waals surface area contributed by atoms with Crippen LogP contribution in [0, 0.1) is 0 Å². The highest BCUT2D eigenvalue weighted by atomic mass is 35.5. The van der Waals surface area contributed by atoms with Gasteiger partial charge in [0.05, 0.1) is 29.3 Å². The van der Waals surface area contributed by atoms with Crippen LogP contribution in [0.3, 0.4) is 0 Å². The second kappa shape index (κ2) is 9.58. The largest absolute Gasteiger partial charge is 0.495 e. The number of benzene rings is 2. The second-order valence-electron chi connectivity index (χ2n) is 7.38. The standard InChI is InChI=1S/C22H22ClN3O4S2/c1-30-19-8-7-16(13-17(19)23)18-14-31-22(24-18)25-21(27)20(15-5-3-2-4-6-15)26-9-11-32(28,29)12-10-26/h2-8,13-14,20H,9-12H2,1H3,(H,24,25,27). The van der Waals surface area contributed by atoms with Crippen molar-refractivity contribution in [2.75, 3.05) is 37.0 Å². The van der Waals surface area contributed by atoms with E-state index < -0.39 is 15.9 Å². The van der Waals surface area contributed by atoms with Gasteiger partial charge in [0.15, 0.2) is 15.0 Å². The molecule has 1 aliphatic heterocycles. The summed E-state index contributed by atoms with van der Waals surface area (Å²) in [4.78, 5) is 19.7. The molecule has 0 spiro atoms. The van der Waals surface area contributed by atoms with Gasteiger partial charge >= 0.3 is 0 Å². The van der Waals surface area contributed by atoms with E-state index in [9.17, 15) is 13.2 Å². The SMILES string of the molecule is COc1ccc(-c2csc(NC(=O)C(c3ccccc3)N3CCS(=O)(=O)CC3)n2)cc1Cl. The number of aromatic nitrogens is 1. The molecule has 3 aromatic rings. The molecule has 0 aliphatic carbocycles. The quantitative estimate of drug-likeness (QED) is 0.563. The van der Waals surface area contributed by atoms with Crippen LogP contribution in [0.5, 0.6) is 5.75 Å². The number of nitrogens with one attached hydrogen (secondary N) is 1. The number of carbonyl (C=O) groups excluding carboxylic acids is 1. The van der Waals surface area contributed by atoms with Gasteiger partial charge in [-0.15, -0.1) is 11.3 Å². The summed E-state index contributed by atoms with van der Waals surface area (Å²) < 4.78 is 28.9. The van der Waals surface area contributed by atoms with E-state index in [4.69, 9.17) is 16.3 Å². The first-order valence-electron chi connectivity index (χ1n) is 9.96. The topological polar surface area (TPSA) is 88.6 Å². The van der Waals surface area contributed by atoms with Crippen molar-refractivity contribution in [3.05, 3.63) is 64.5 Å². The Bertz CT molecular complexity index is 1200. The first-order valence-corrected chi connectivity index (χ1v) is 13.0. The summed E-state index contributed by atoms with van der Waals surface area (Å²) >= 11 is 7.53. The zero-order valence-corrected chi connectivity index (χ0v) is 19.7. The Kier molecular flexibility index (Phi) is 6.80. The molecule has 1 atom stereocenters. The molecule has 1 amide bonds. The lowest BCUT2D eigenvalue weighted by molar-refractivity contribution is -0.121. The van der Waals surface area contributed by atoms with Crippen molar-refractivity contribution in [3.8, 4) is 17.0 Å². The van der Waals surface area contributed by atoms with Gasteiger partial charge in [-0.2, -0.15) is 0 Å². The molecule has 7 nitrogen and oxygen atoms in total. The summed E-state index contributed by atoms with van der Waals surface area (Å²) in [7, 11) is -1.50. The van der Waals surface area contributed by atoms with Crippen LogP contribution in [0.15, 0.2) is 53.9 Å². The highest BCUT2D eigenvalue weighted by Gasteiger charge is 2.32. The second-order valence-corrected chi connectivity index (χ2v) is 10.9. The third-order valence-corrected chi connectivity index (χ3v) is 7.95. The van der Waals surface area contributed by atoms with Crippen LogP contribution in [-0.2, 0) is 14.6 Å². The Hall–Kier alpha value is -2.46. The summed E-state index contributed by atoms with van der Waals surface area (Å²) in [6, 6.07) is 14.1. The summed E-state index contributed by atoms with van der Waals surface area (Å²) in [5.41, 5.74) is 2.31. The monoisotopic (exact) mass is 491 g/mol. The average Bonchev–Trinajstić information content (AvgIpc) is 3.24. The van der Waals surface area contributed by atoms with Gasteiger partial charge in [-0.25, -0.2) is 13.4 Å². The number of thiazole rings is 1. The molecule has 1 N–H and O–H groups in total. The Balaban J connectivity index is 1.54. The van der Waals surface area contributed by atoms with Crippen molar-refractivity contribution in [2.45, 2.75) is 6.04 Å². The molecule has 168 valence electrons. The molecule has 0 saturated carbocycles. The molecule has 1 saturated heterocycles. The van der Waals surface area contributed by atoms with E-state index in [0.29, 0.717) is 34.7 Å². The molecule has 4 rings (SSSR count). The Morgan fingerprint density at radius 2 is 1.91 bits per heavy atom. The predicted molar refractivity (Wildman–Crippen MR) is 127 cm³/mol. The first kappa shape index (κ1) is 22.7. The lowest BCUT2D eigenvalue weighted by Gasteiger charge is -2.33. The molecule has 32 heavy (non-hydrogen) atoms. The fourth-order valence-corrected chi connectivity index (χ4v) is 5.82. The Morgan fingerprint density at radius 1 is 1.19 bits per heavy atom. The lowest BCUT2D eigenvalue weighted by Crippen LogP contribution is -2.46. The zero-order chi connectivity index (χ0) is 22.7. The molecule has 1 fully saturated rings. The molecule has 0 radical (unpaired) electrons. The van der Waals surface area contributed by atoms with Gasteiger partial charge in [0.25, 0.3) is 0 Å². The van der Waals surface area contributed by atoms with E-state index in [1.165, 1.54) is 11.3 Å². The number of hydrogen-bond acceptors (Lipinski definition) is 7. The molecule has 0 bridgehead atoms. The van der Waals surface area contributed by atoms with Crippen molar-refractivity contribution in [2.24, 2.45) is 0 Å². The molecule has 1 aromatic heterocycles. The molecule has 2 heterocycles. The smallest absolute Gasteiger partial charge is 0.248 e. The van der Waals surface area contributed by atoms with Gasteiger partial charge in [0, 0.05) is 24.0 Å². The van der Waals surface area contributed by atoms with Crippen LogP contribution in [0.4, 0.5) is 5.13 Å². The van der Waals surface area contributed by atoms with Crippen LogP contribution in [0.1, 0.15) is 11.6 Å². The van der Waals surface area contributed by atoms with Crippen molar-refractivity contribution in [1.29, 1.82) is 0 Å². The molecule has 1 aliphatic rings. The van der Waals surface area contributed by atoms with Crippen molar-refractivity contribution >= 4 is 43.8 Å². The number of anilines is 1. The Labute approximate surface area is 195 Å². The molecule has 1 unspecified atom stereocenters. The van der Waals surface area contributed by atoms with Gasteiger partial charge in [0.1, 0.15) is 11.8 Å². The van der Waals surface area contributed by atoms with Crippen LogP contribution in [-0.4, -0.2) is 55.9 Å². The summed E-state index contributed by atoms with van der Waals surface area (Å²) in [6.07, 6.45) is 0. The Morgan fingerprint density at radius 3 is 2.56 bits per heavy atom. The average molecular weight is 492 g/mol. The minimum atomic E-state index is -3.06. The fraction of sp³-hybridized carbons (Fsp3) is 0.273. The van der Waals surface area contributed by atoms with Gasteiger partial charge in [-0.1, -0.05) is 41.9 Å². The van der Waals surface area contributed by atoms with Gasteiger partial charge in [-0.05, 0) is 23.8 Å². The van der Waals surface area contributed by atoms with Crippen LogP contribution < -0.4 is 10.1 Å². The number of amides is 1. The number of sulfone groups is 1. The van der Waals surface area contributed by atoms with Gasteiger partial charge < -0.3 is 10.1 Å². The lowest BCUT2D eigenvalue weighted by atomic mass is 10.0. The van der Waals surface area contributed by atoms with Crippen molar-refractivity contribution < 1.29 is 17.9 Å². The van der Waals surface area contributed by atoms with Crippen LogP contribution in [0.2, 0.25) is 5.02 Å². The first-order chi connectivity index (χ1) is 15.4. The normalized spacial score (nSPS) is 16.9. The van der Waals surface area contributed by atoms with E-state index in [2.05, 4.69) is 10.3 Å². The van der Waals surface area contributed by atoms with Crippen LogP contribution in [0.25, 0.3) is 11.3 Å². The number of hydrogen-bond donors (Lipinski definition) is 1. The maximum Gasteiger partial charge on any atom is 0.248 e. The highest BCUT2D eigenvalue weighted by molar-refractivity contribution is 7.91. The summed E-state index contributed by atoms with van der Waals surface area (Å²) in [5.74, 6) is 0.421. The fourth-order valence-electron chi connectivity index (χ4n) is 3.61. The van der Waals surface area contributed by atoms with Crippen molar-refractivity contribution in [1.82, 2.24) is 9.88 Å². The minimum Gasteiger partial charge on any atom is -0.495 e. The third kappa shape index (κ3) is 5.12. The number of carbonyl (C=O) groups is 1. The molecular formula is C22H22ClN3O4S2.